The van der Waals surface area contributed by atoms with Crippen LogP contribution in [0.15, 0.2) is 28.8 Å². The number of hydrogen-bond acceptors (Lipinski definition) is 5. The smallest absolute Gasteiger partial charge is 0.303 e. The molecule has 7 nitrogen and oxygen atoms in total. The first-order valence-electron chi connectivity index (χ1n) is 8.45. The Kier molecular flexibility index (Phi) is 5.11. The van der Waals surface area contributed by atoms with Gasteiger partial charge in [0.1, 0.15) is 0 Å². The number of nitrogens with zero attached hydrogens (tertiary/aromatic N) is 3. The van der Waals surface area contributed by atoms with Crippen LogP contribution in [0, 0.1) is 12.8 Å². The first-order chi connectivity index (χ1) is 12.0. The van der Waals surface area contributed by atoms with Gasteiger partial charge in [0.15, 0.2) is 0 Å². The molecule has 1 fully saturated rings. The number of hydrogen-bond donors (Lipinski definition) is 1. The maximum atomic E-state index is 12.8. The summed E-state index contributed by atoms with van der Waals surface area (Å²) >= 11 is 0. The number of carboxylic acid groups (broad SMARTS) is 1. The molecule has 0 aliphatic carbocycles. The summed E-state index contributed by atoms with van der Waals surface area (Å²) in [4.78, 5) is 29.6. The van der Waals surface area contributed by atoms with Crippen LogP contribution in [0.2, 0.25) is 0 Å². The van der Waals surface area contributed by atoms with Crippen LogP contribution in [0.1, 0.15) is 41.9 Å². The van der Waals surface area contributed by atoms with E-state index >= 15 is 0 Å². The average molecular weight is 343 g/mol. The minimum absolute atomic E-state index is 0.0397. The molecule has 2 heterocycles. The summed E-state index contributed by atoms with van der Waals surface area (Å²) in [5, 5.41) is 12.7. The third-order valence-corrected chi connectivity index (χ3v) is 4.47. The van der Waals surface area contributed by atoms with Gasteiger partial charge in [0.25, 0.3) is 5.91 Å². The van der Waals surface area contributed by atoms with Gasteiger partial charge in [0, 0.05) is 37.6 Å². The van der Waals surface area contributed by atoms with Gasteiger partial charge in [0.05, 0.1) is 0 Å². The van der Waals surface area contributed by atoms with Crippen LogP contribution in [-0.4, -0.2) is 45.1 Å². The van der Waals surface area contributed by atoms with Crippen molar-refractivity contribution in [3.63, 3.8) is 0 Å². The van der Waals surface area contributed by atoms with Crippen LogP contribution in [-0.2, 0) is 4.79 Å². The van der Waals surface area contributed by atoms with Gasteiger partial charge in [-0.05, 0) is 37.3 Å². The van der Waals surface area contributed by atoms with E-state index in [0.29, 0.717) is 36.8 Å². The van der Waals surface area contributed by atoms with E-state index in [-0.39, 0.29) is 18.2 Å². The lowest BCUT2D eigenvalue weighted by atomic mass is 9.93. The Morgan fingerprint density at radius 1 is 1.40 bits per heavy atom. The van der Waals surface area contributed by atoms with Crippen LogP contribution < -0.4 is 0 Å². The molecule has 132 valence electrons. The Labute approximate surface area is 145 Å². The number of carbonyl (C=O) groups is 2. The van der Waals surface area contributed by atoms with E-state index in [9.17, 15) is 9.59 Å². The van der Waals surface area contributed by atoms with Crippen molar-refractivity contribution in [1.29, 1.82) is 0 Å². The Morgan fingerprint density at radius 2 is 2.24 bits per heavy atom. The van der Waals surface area contributed by atoms with Crippen molar-refractivity contribution >= 4 is 11.9 Å². The number of aryl methyl sites for hydroxylation is 1. The molecule has 0 saturated carbocycles. The molecular formula is C18H21N3O4. The van der Waals surface area contributed by atoms with Gasteiger partial charge >= 0.3 is 5.97 Å². The highest BCUT2D eigenvalue weighted by molar-refractivity contribution is 5.95. The zero-order valence-electron chi connectivity index (χ0n) is 14.1. The molecule has 1 aliphatic rings. The van der Waals surface area contributed by atoms with Crippen LogP contribution in [0.4, 0.5) is 0 Å². The summed E-state index contributed by atoms with van der Waals surface area (Å²) in [6, 6.07) is 7.19. The maximum Gasteiger partial charge on any atom is 0.303 e. The van der Waals surface area contributed by atoms with E-state index in [2.05, 4.69) is 10.1 Å². The van der Waals surface area contributed by atoms with E-state index in [1.165, 1.54) is 0 Å². The van der Waals surface area contributed by atoms with Crippen molar-refractivity contribution in [3.05, 3.63) is 35.7 Å². The Morgan fingerprint density at radius 3 is 2.96 bits per heavy atom. The minimum atomic E-state index is -0.786. The molecule has 2 aromatic rings. The quantitative estimate of drug-likeness (QED) is 0.896. The second-order valence-corrected chi connectivity index (χ2v) is 6.41. The van der Waals surface area contributed by atoms with Crippen molar-refractivity contribution in [2.24, 2.45) is 5.92 Å². The summed E-state index contributed by atoms with van der Waals surface area (Å²) < 4.78 is 4.99. The lowest BCUT2D eigenvalue weighted by Crippen LogP contribution is -2.40. The van der Waals surface area contributed by atoms with Crippen molar-refractivity contribution in [2.75, 3.05) is 13.1 Å². The van der Waals surface area contributed by atoms with Gasteiger partial charge in [-0.2, -0.15) is 4.98 Å². The number of aliphatic carboxylic acids is 1. The molecule has 25 heavy (non-hydrogen) atoms. The van der Waals surface area contributed by atoms with E-state index in [4.69, 9.17) is 9.63 Å². The van der Waals surface area contributed by atoms with Crippen LogP contribution in [0.25, 0.3) is 11.4 Å². The Balaban J connectivity index is 1.71. The summed E-state index contributed by atoms with van der Waals surface area (Å²) in [6.07, 6.45) is 2.64. The molecule has 1 aromatic heterocycles. The number of carbonyl (C=O) groups excluding carboxylic acids is 1. The fraction of sp³-hybridized carbons (Fsp3) is 0.444. The topological polar surface area (TPSA) is 96.5 Å². The normalized spacial score (nSPS) is 17.5. The zero-order chi connectivity index (χ0) is 17.8. The number of benzene rings is 1. The standard InChI is InChI=1S/C18H21N3O4/c1-12-19-17(20-25-12)14-5-2-6-15(10-14)18(24)21-9-3-4-13(11-21)7-8-16(22)23/h2,5-6,10,13H,3-4,7-9,11H2,1H3,(H,22,23)/t13-/m0/s1. The van der Waals surface area contributed by atoms with Crippen molar-refractivity contribution in [3.8, 4) is 11.4 Å². The molecule has 1 N–H and O–H groups in total. The highest BCUT2D eigenvalue weighted by Gasteiger charge is 2.25. The monoisotopic (exact) mass is 343 g/mol. The third kappa shape index (κ3) is 4.23. The summed E-state index contributed by atoms with van der Waals surface area (Å²) in [7, 11) is 0. The highest BCUT2D eigenvalue weighted by Crippen LogP contribution is 2.24. The number of piperidine rings is 1. The number of amides is 1. The van der Waals surface area contributed by atoms with Gasteiger partial charge < -0.3 is 14.5 Å². The molecule has 1 saturated heterocycles. The minimum Gasteiger partial charge on any atom is -0.481 e. The molecule has 0 radical (unpaired) electrons. The van der Waals surface area contributed by atoms with E-state index in [0.717, 1.165) is 18.4 Å². The number of likely N-dealkylation sites (tertiary alicyclic amines) is 1. The number of aromatic nitrogens is 2. The van der Waals surface area contributed by atoms with Gasteiger partial charge in [0.2, 0.25) is 11.7 Å². The molecule has 3 rings (SSSR count). The molecule has 1 amide bonds. The molecule has 1 atom stereocenters. The van der Waals surface area contributed by atoms with E-state index in [1.807, 2.05) is 11.0 Å². The highest BCUT2D eigenvalue weighted by atomic mass is 16.5. The molecule has 0 unspecified atom stereocenters. The Hall–Kier alpha value is -2.70. The van der Waals surface area contributed by atoms with Gasteiger partial charge in [-0.3, -0.25) is 9.59 Å². The van der Waals surface area contributed by atoms with E-state index < -0.39 is 5.97 Å². The predicted molar refractivity (Wildman–Crippen MR) is 90.0 cm³/mol. The van der Waals surface area contributed by atoms with Crippen molar-refractivity contribution in [2.45, 2.75) is 32.6 Å². The lowest BCUT2D eigenvalue weighted by molar-refractivity contribution is -0.137. The van der Waals surface area contributed by atoms with Crippen molar-refractivity contribution in [1.82, 2.24) is 15.0 Å². The first kappa shape index (κ1) is 17.1. The SMILES string of the molecule is Cc1nc(-c2cccc(C(=O)N3CCC[C@@H](CCC(=O)O)C3)c2)no1. The van der Waals surface area contributed by atoms with E-state index in [1.54, 1.807) is 25.1 Å². The molecule has 1 aromatic carbocycles. The number of rotatable bonds is 5. The fourth-order valence-corrected chi connectivity index (χ4v) is 3.20. The molecule has 7 heteroatoms. The Bertz CT molecular complexity index is 771. The summed E-state index contributed by atoms with van der Waals surface area (Å²) in [5.41, 5.74) is 1.32. The predicted octanol–water partition coefficient (Wildman–Crippen LogP) is 2.76. The second-order valence-electron chi connectivity index (χ2n) is 6.41. The number of carboxylic acids is 1. The van der Waals surface area contributed by atoms with Gasteiger partial charge in [-0.1, -0.05) is 17.3 Å². The molecule has 0 spiro atoms. The van der Waals surface area contributed by atoms with Crippen LogP contribution >= 0.6 is 0 Å². The summed E-state index contributed by atoms with van der Waals surface area (Å²) in [5.74, 6) is 0.361. The largest absolute Gasteiger partial charge is 0.481 e. The van der Waals surface area contributed by atoms with Gasteiger partial charge in [-0.25, -0.2) is 0 Å². The van der Waals surface area contributed by atoms with Crippen molar-refractivity contribution < 1.29 is 19.2 Å². The molecule has 1 aliphatic heterocycles. The maximum absolute atomic E-state index is 12.8. The third-order valence-electron chi connectivity index (χ3n) is 4.47. The fourth-order valence-electron chi connectivity index (χ4n) is 3.20. The van der Waals surface area contributed by atoms with Crippen LogP contribution in [0.3, 0.4) is 0 Å². The average Bonchev–Trinajstić information content (AvgIpc) is 3.06. The second kappa shape index (κ2) is 7.46. The van der Waals surface area contributed by atoms with Crippen LogP contribution in [0.5, 0.6) is 0 Å². The van der Waals surface area contributed by atoms with Gasteiger partial charge in [-0.15, -0.1) is 0 Å². The summed E-state index contributed by atoms with van der Waals surface area (Å²) in [6.45, 7) is 3.03. The molecular weight excluding hydrogens is 322 g/mol. The lowest BCUT2D eigenvalue weighted by Gasteiger charge is -2.32. The first-order valence-corrected chi connectivity index (χ1v) is 8.45. The molecule has 0 bridgehead atoms. The zero-order valence-corrected chi connectivity index (χ0v) is 14.1.